The summed E-state index contributed by atoms with van der Waals surface area (Å²) in [7, 11) is 1.91. The van der Waals surface area contributed by atoms with Crippen molar-refractivity contribution in [3.63, 3.8) is 0 Å². The summed E-state index contributed by atoms with van der Waals surface area (Å²) in [6.07, 6.45) is 8.89. The number of aromatic carboxylic acids is 1. The van der Waals surface area contributed by atoms with Crippen molar-refractivity contribution in [2.75, 3.05) is 25.1 Å². The number of benzene rings is 2. The zero-order valence-electron chi connectivity index (χ0n) is 19.6. The van der Waals surface area contributed by atoms with Gasteiger partial charge in [0.15, 0.2) is 0 Å². The highest BCUT2D eigenvalue weighted by Crippen LogP contribution is 2.42. The number of rotatable bonds is 6. The van der Waals surface area contributed by atoms with Crippen LogP contribution in [-0.4, -0.2) is 47.1 Å². The molecule has 34 heavy (non-hydrogen) atoms. The number of nitrogens with zero attached hydrogens (tertiary/aromatic N) is 3. The van der Waals surface area contributed by atoms with Crippen molar-refractivity contribution >= 4 is 23.0 Å². The lowest BCUT2D eigenvalue weighted by atomic mass is 9.72. The van der Waals surface area contributed by atoms with Crippen LogP contribution >= 0.6 is 11.3 Å². The minimum absolute atomic E-state index is 0.0580. The lowest BCUT2D eigenvalue weighted by Gasteiger charge is -2.47. The van der Waals surface area contributed by atoms with Crippen LogP contribution in [0.5, 0.6) is 0 Å². The third-order valence-corrected chi connectivity index (χ3v) is 8.67. The van der Waals surface area contributed by atoms with E-state index in [1.807, 2.05) is 7.11 Å². The largest absolute Gasteiger partial charge is 0.478 e. The normalized spacial score (nSPS) is 18.7. The van der Waals surface area contributed by atoms with Crippen molar-refractivity contribution in [3.05, 3.63) is 54.1 Å². The molecule has 6 nitrogen and oxygen atoms in total. The summed E-state index contributed by atoms with van der Waals surface area (Å²) in [5.74, 6) is -0.220. The van der Waals surface area contributed by atoms with Crippen molar-refractivity contribution in [2.24, 2.45) is 5.92 Å². The summed E-state index contributed by atoms with van der Waals surface area (Å²) < 4.78 is 6.17. The van der Waals surface area contributed by atoms with E-state index in [2.05, 4.69) is 39.4 Å². The van der Waals surface area contributed by atoms with Gasteiger partial charge in [-0.2, -0.15) is 0 Å². The Morgan fingerprint density at radius 1 is 0.941 bits per heavy atom. The Morgan fingerprint density at radius 3 is 2.03 bits per heavy atom. The van der Waals surface area contributed by atoms with Crippen LogP contribution in [0.3, 0.4) is 0 Å². The lowest BCUT2D eigenvalue weighted by molar-refractivity contribution is -0.0856. The molecule has 1 aliphatic heterocycles. The Morgan fingerprint density at radius 2 is 1.50 bits per heavy atom. The number of aromatic nitrogens is 2. The van der Waals surface area contributed by atoms with E-state index in [1.54, 1.807) is 24.3 Å². The summed E-state index contributed by atoms with van der Waals surface area (Å²) in [6.45, 7) is 2.05. The molecule has 2 aliphatic rings. The Labute approximate surface area is 204 Å². The molecule has 1 saturated carbocycles. The van der Waals surface area contributed by atoms with Crippen LogP contribution in [-0.2, 0) is 4.74 Å². The van der Waals surface area contributed by atoms with Crippen LogP contribution in [0.15, 0.2) is 48.5 Å². The van der Waals surface area contributed by atoms with Crippen molar-refractivity contribution in [1.29, 1.82) is 0 Å². The second kappa shape index (κ2) is 9.84. The summed E-state index contributed by atoms with van der Waals surface area (Å²) in [5, 5.41) is 19.4. The minimum Gasteiger partial charge on any atom is -0.478 e. The maximum absolute atomic E-state index is 11.1. The van der Waals surface area contributed by atoms with E-state index in [-0.39, 0.29) is 11.2 Å². The van der Waals surface area contributed by atoms with E-state index in [1.165, 1.54) is 49.1 Å². The average molecular weight is 478 g/mol. The first kappa shape index (κ1) is 23.0. The quantitative estimate of drug-likeness (QED) is 0.460. The van der Waals surface area contributed by atoms with Crippen LogP contribution in [0.4, 0.5) is 5.69 Å². The van der Waals surface area contributed by atoms with Crippen LogP contribution in [0.2, 0.25) is 0 Å². The fourth-order valence-corrected chi connectivity index (χ4v) is 6.43. The third kappa shape index (κ3) is 4.59. The fraction of sp³-hybridized carbons (Fsp3) is 0.444. The zero-order chi connectivity index (χ0) is 23.5. The second-order valence-corrected chi connectivity index (χ2v) is 10.4. The van der Waals surface area contributed by atoms with E-state index >= 15 is 0 Å². The molecule has 1 aliphatic carbocycles. The van der Waals surface area contributed by atoms with Gasteiger partial charge in [0.05, 0.1) is 11.2 Å². The number of hydrogen-bond acceptors (Lipinski definition) is 6. The molecule has 0 spiro atoms. The molecule has 3 aromatic rings. The monoisotopic (exact) mass is 477 g/mol. The Balaban J connectivity index is 1.24. The van der Waals surface area contributed by atoms with Gasteiger partial charge < -0.3 is 14.7 Å². The minimum atomic E-state index is -0.930. The topological polar surface area (TPSA) is 75.5 Å². The number of piperidine rings is 1. The number of hydrogen-bond donors (Lipinski definition) is 1. The number of methoxy groups -OCH3 is 1. The standard InChI is InChI=1S/C27H31N3O3S/c1-33-27(22-5-3-2-4-6-22)15-17-30(18-16-27)23-13-11-20(12-14-23)25-29-28-24(34-25)19-7-9-21(10-8-19)26(31)32/h7-14,22H,2-6,15-18H2,1H3,(H,31,32). The first-order valence-electron chi connectivity index (χ1n) is 12.2. The molecule has 1 saturated heterocycles. The van der Waals surface area contributed by atoms with Gasteiger partial charge in [0.2, 0.25) is 0 Å². The molecular weight excluding hydrogens is 446 g/mol. The van der Waals surface area contributed by atoms with Gasteiger partial charge in [-0.05, 0) is 68.0 Å². The van der Waals surface area contributed by atoms with E-state index in [4.69, 9.17) is 9.84 Å². The predicted octanol–water partition coefficient (Wildman–Crippen LogP) is 6.14. The van der Waals surface area contributed by atoms with Gasteiger partial charge >= 0.3 is 5.97 Å². The van der Waals surface area contributed by atoms with Gasteiger partial charge in [-0.15, -0.1) is 10.2 Å². The van der Waals surface area contributed by atoms with Crippen molar-refractivity contribution in [3.8, 4) is 21.1 Å². The number of carboxylic acid groups (broad SMARTS) is 1. The van der Waals surface area contributed by atoms with Gasteiger partial charge in [0.1, 0.15) is 10.0 Å². The first-order chi connectivity index (χ1) is 16.6. The van der Waals surface area contributed by atoms with Gasteiger partial charge in [0, 0.05) is 37.0 Å². The highest BCUT2D eigenvalue weighted by atomic mass is 32.1. The Kier molecular flexibility index (Phi) is 6.66. The predicted molar refractivity (Wildman–Crippen MR) is 136 cm³/mol. The van der Waals surface area contributed by atoms with Crippen LogP contribution in [0.25, 0.3) is 21.1 Å². The van der Waals surface area contributed by atoms with Gasteiger partial charge in [0.25, 0.3) is 0 Å². The molecule has 0 bridgehead atoms. The number of carboxylic acids is 1. The molecule has 2 fully saturated rings. The molecule has 0 radical (unpaired) electrons. The molecular formula is C27H31N3O3S. The van der Waals surface area contributed by atoms with Crippen LogP contribution in [0.1, 0.15) is 55.3 Å². The van der Waals surface area contributed by atoms with Gasteiger partial charge in [-0.1, -0.05) is 42.7 Å². The molecule has 0 atom stereocenters. The van der Waals surface area contributed by atoms with E-state index < -0.39 is 5.97 Å². The Hall–Kier alpha value is -2.77. The third-order valence-electron chi connectivity index (χ3n) is 7.65. The maximum atomic E-state index is 11.1. The molecule has 178 valence electrons. The smallest absolute Gasteiger partial charge is 0.335 e. The van der Waals surface area contributed by atoms with Crippen molar-refractivity contribution in [1.82, 2.24) is 10.2 Å². The summed E-state index contributed by atoms with van der Waals surface area (Å²) in [4.78, 5) is 13.5. The number of anilines is 1. The van der Waals surface area contributed by atoms with E-state index in [9.17, 15) is 4.79 Å². The highest BCUT2D eigenvalue weighted by Gasteiger charge is 2.41. The SMILES string of the molecule is COC1(C2CCCCC2)CCN(c2ccc(-c3nnc(-c4ccc(C(=O)O)cc4)s3)cc2)CC1. The Bertz CT molecular complexity index is 1110. The number of carbonyl (C=O) groups is 1. The van der Waals surface area contributed by atoms with Gasteiger partial charge in [-0.25, -0.2) is 4.79 Å². The zero-order valence-corrected chi connectivity index (χ0v) is 20.4. The molecule has 5 rings (SSSR count). The summed E-state index contributed by atoms with van der Waals surface area (Å²) in [5.41, 5.74) is 3.48. The maximum Gasteiger partial charge on any atom is 0.335 e. The molecule has 2 heterocycles. The second-order valence-electron chi connectivity index (χ2n) is 9.43. The molecule has 0 unspecified atom stereocenters. The van der Waals surface area contributed by atoms with Crippen LogP contribution < -0.4 is 4.90 Å². The van der Waals surface area contributed by atoms with Crippen LogP contribution in [0, 0.1) is 5.92 Å². The first-order valence-corrected chi connectivity index (χ1v) is 13.0. The molecule has 0 amide bonds. The summed E-state index contributed by atoms with van der Waals surface area (Å²) in [6, 6.07) is 15.3. The molecule has 2 aromatic carbocycles. The fourth-order valence-electron chi connectivity index (χ4n) is 5.58. The molecule has 1 aromatic heterocycles. The molecule has 1 N–H and O–H groups in total. The van der Waals surface area contributed by atoms with E-state index in [0.29, 0.717) is 5.92 Å². The highest BCUT2D eigenvalue weighted by molar-refractivity contribution is 7.17. The average Bonchev–Trinajstić information content (AvgIpc) is 3.40. The van der Waals surface area contributed by atoms with Crippen molar-refractivity contribution < 1.29 is 14.6 Å². The van der Waals surface area contributed by atoms with Crippen molar-refractivity contribution in [2.45, 2.75) is 50.5 Å². The summed E-state index contributed by atoms with van der Waals surface area (Å²) >= 11 is 1.51. The molecule has 7 heteroatoms. The van der Waals surface area contributed by atoms with Gasteiger partial charge in [-0.3, -0.25) is 0 Å². The number of ether oxygens (including phenoxy) is 1. The lowest BCUT2D eigenvalue weighted by Crippen LogP contribution is -2.50. The van der Waals surface area contributed by atoms with E-state index in [0.717, 1.165) is 47.1 Å².